The lowest BCUT2D eigenvalue weighted by molar-refractivity contribution is -0.131. The van der Waals surface area contributed by atoms with E-state index >= 15 is 0 Å². The summed E-state index contributed by atoms with van der Waals surface area (Å²) in [5.74, 6) is -1.88. The molecule has 1 N–H and O–H groups in total. The minimum Gasteiger partial charge on any atom is -0.496 e. The molecule has 0 amide bonds. The van der Waals surface area contributed by atoms with E-state index < -0.39 is 11.8 Å². The highest BCUT2D eigenvalue weighted by molar-refractivity contribution is 9.10. The molecule has 4 nitrogen and oxygen atoms in total. The molecule has 0 unspecified atom stereocenters. The Kier molecular flexibility index (Phi) is 4.28. The van der Waals surface area contributed by atoms with Crippen molar-refractivity contribution in [2.75, 3.05) is 7.11 Å². The molecule has 0 saturated heterocycles. The molecular formula is C12H13BrO4. The van der Waals surface area contributed by atoms with Crippen LogP contribution in [0.15, 0.2) is 16.6 Å². The number of halogens is 1. The smallest absolute Gasteiger partial charge is 0.377 e. The highest BCUT2D eigenvalue weighted by atomic mass is 79.9. The number of methoxy groups -OCH3 is 1. The van der Waals surface area contributed by atoms with Crippen molar-refractivity contribution < 1.29 is 19.4 Å². The van der Waals surface area contributed by atoms with Crippen molar-refractivity contribution in [1.82, 2.24) is 0 Å². The predicted octanol–water partition coefficient (Wildman–Crippen LogP) is 2.85. The molecule has 0 aromatic heterocycles. The summed E-state index contributed by atoms with van der Waals surface area (Å²) in [6.07, 6.45) is 0. The zero-order valence-corrected chi connectivity index (χ0v) is 11.4. The third-order valence-electron chi connectivity index (χ3n) is 2.34. The van der Waals surface area contributed by atoms with Crippen LogP contribution in [0.5, 0.6) is 5.75 Å². The first-order chi connectivity index (χ1) is 7.88. The zero-order chi connectivity index (χ0) is 13.2. The Morgan fingerprint density at radius 3 is 2.35 bits per heavy atom. The molecule has 1 aromatic rings. The number of rotatable bonds is 4. The largest absolute Gasteiger partial charge is 0.496 e. The summed E-state index contributed by atoms with van der Waals surface area (Å²) in [7, 11) is 1.49. The normalized spacial score (nSPS) is 10.4. The van der Waals surface area contributed by atoms with Crippen molar-refractivity contribution in [1.29, 1.82) is 0 Å². The topological polar surface area (TPSA) is 63.6 Å². The first-order valence-electron chi connectivity index (χ1n) is 5.03. The van der Waals surface area contributed by atoms with Crippen LogP contribution in [0.2, 0.25) is 0 Å². The number of carbonyl (C=O) groups excluding carboxylic acids is 1. The van der Waals surface area contributed by atoms with Crippen LogP contribution in [0.25, 0.3) is 0 Å². The maximum Gasteiger partial charge on any atom is 0.377 e. The Labute approximate surface area is 108 Å². The molecule has 0 aliphatic heterocycles. The molecule has 17 heavy (non-hydrogen) atoms. The van der Waals surface area contributed by atoms with Gasteiger partial charge in [0.2, 0.25) is 0 Å². The molecule has 0 saturated carbocycles. The van der Waals surface area contributed by atoms with Gasteiger partial charge in [0.15, 0.2) is 0 Å². The van der Waals surface area contributed by atoms with Gasteiger partial charge in [0, 0.05) is 15.6 Å². The van der Waals surface area contributed by atoms with Gasteiger partial charge in [-0.05, 0) is 18.1 Å². The molecule has 0 fully saturated rings. The van der Waals surface area contributed by atoms with Gasteiger partial charge >= 0.3 is 5.97 Å². The van der Waals surface area contributed by atoms with Crippen LogP contribution >= 0.6 is 15.9 Å². The summed E-state index contributed by atoms with van der Waals surface area (Å²) in [6, 6.07) is 3.22. The van der Waals surface area contributed by atoms with E-state index in [-0.39, 0.29) is 11.5 Å². The van der Waals surface area contributed by atoms with Crippen LogP contribution in [-0.4, -0.2) is 24.0 Å². The molecule has 0 atom stereocenters. The fraction of sp³-hybridized carbons (Fsp3) is 0.333. The van der Waals surface area contributed by atoms with Crippen LogP contribution in [-0.2, 0) is 4.79 Å². The molecule has 0 aliphatic rings. The van der Waals surface area contributed by atoms with Gasteiger partial charge < -0.3 is 9.84 Å². The lowest BCUT2D eigenvalue weighted by atomic mass is 9.93. The van der Waals surface area contributed by atoms with Crippen molar-refractivity contribution in [2.24, 2.45) is 0 Å². The molecule has 0 radical (unpaired) electrons. The molecule has 0 spiro atoms. The van der Waals surface area contributed by atoms with Gasteiger partial charge in [0.25, 0.3) is 5.78 Å². The van der Waals surface area contributed by atoms with Crippen molar-refractivity contribution in [2.45, 2.75) is 19.8 Å². The lowest BCUT2D eigenvalue weighted by Crippen LogP contribution is -2.16. The van der Waals surface area contributed by atoms with Crippen molar-refractivity contribution in [3.8, 4) is 5.75 Å². The molecule has 0 aliphatic carbocycles. The van der Waals surface area contributed by atoms with Gasteiger partial charge in [-0.25, -0.2) is 4.79 Å². The zero-order valence-electron chi connectivity index (χ0n) is 9.78. The maximum atomic E-state index is 11.6. The van der Waals surface area contributed by atoms with Gasteiger partial charge in [-0.3, -0.25) is 4.79 Å². The van der Waals surface area contributed by atoms with Crippen LogP contribution in [0.4, 0.5) is 0 Å². The summed E-state index contributed by atoms with van der Waals surface area (Å²) in [6.45, 7) is 3.76. The Balaban J connectivity index is 3.51. The Bertz CT molecular complexity index is 466. The predicted molar refractivity (Wildman–Crippen MR) is 66.7 cm³/mol. The lowest BCUT2D eigenvalue weighted by Gasteiger charge is -2.15. The molecule has 0 bridgehead atoms. The number of carboxylic acids is 1. The maximum absolute atomic E-state index is 11.6. The van der Waals surface area contributed by atoms with Crippen LogP contribution in [0.1, 0.15) is 35.7 Å². The molecule has 0 heterocycles. The van der Waals surface area contributed by atoms with E-state index in [1.807, 2.05) is 13.8 Å². The van der Waals surface area contributed by atoms with E-state index in [1.54, 1.807) is 6.07 Å². The Morgan fingerprint density at radius 2 is 1.94 bits per heavy atom. The van der Waals surface area contributed by atoms with Crippen LogP contribution in [0, 0.1) is 0 Å². The standard InChI is InChI=1S/C12H13BrO4/c1-6(2)10-8(11(14)12(15)16)4-7(13)5-9(10)17-3/h4-6H,1-3H3,(H,15,16). The quantitative estimate of drug-likeness (QED) is 0.686. The van der Waals surface area contributed by atoms with Gasteiger partial charge in [0.1, 0.15) is 5.75 Å². The van der Waals surface area contributed by atoms with Crippen LogP contribution in [0.3, 0.4) is 0 Å². The first-order valence-corrected chi connectivity index (χ1v) is 5.82. The number of aliphatic carboxylic acids is 1. The van der Waals surface area contributed by atoms with Crippen molar-refractivity contribution >= 4 is 27.7 Å². The summed E-state index contributed by atoms with van der Waals surface area (Å²) in [5, 5.41) is 8.79. The number of benzene rings is 1. The number of carboxylic acid groups (broad SMARTS) is 1. The summed E-state index contributed by atoms with van der Waals surface area (Å²) in [4.78, 5) is 22.4. The van der Waals surface area contributed by atoms with Crippen LogP contribution < -0.4 is 4.74 Å². The number of hydrogen-bond acceptors (Lipinski definition) is 3. The fourth-order valence-corrected chi connectivity index (χ4v) is 2.10. The second-order valence-electron chi connectivity index (χ2n) is 3.86. The van der Waals surface area contributed by atoms with E-state index in [2.05, 4.69) is 15.9 Å². The fourth-order valence-electron chi connectivity index (χ4n) is 1.66. The summed E-state index contributed by atoms with van der Waals surface area (Å²) >= 11 is 3.23. The number of ether oxygens (including phenoxy) is 1. The molecule has 1 rings (SSSR count). The van der Waals surface area contributed by atoms with Gasteiger partial charge in [-0.2, -0.15) is 0 Å². The number of Topliss-reactive ketones (excluding diaryl/α,β-unsaturated/α-hetero) is 1. The second-order valence-corrected chi connectivity index (χ2v) is 4.77. The average molecular weight is 301 g/mol. The number of carbonyl (C=O) groups is 2. The number of ketones is 1. The van der Waals surface area contributed by atoms with Crippen molar-refractivity contribution in [3.05, 3.63) is 27.7 Å². The summed E-state index contributed by atoms with van der Waals surface area (Å²) < 4.78 is 5.80. The number of hydrogen-bond donors (Lipinski definition) is 1. The molecule has 92 valence electrons. The Hall–Kier alpha value is -1.36. The first kappa shape index (κ1) is 13.7. The molecular weight excluding hydrogens is 288 g/mol. The van der Waals surface area contributed by atoms with Gasteiger partial charge in [0.05, 0.1) is 7.11 Å². The van der Waals surface area contributed by atoms with E-state index in [0.29, 0.717) is 15.8 Å². The third-order valence-corrected chi connectivity index (χ3v) is 2.80. The average Bonchev–Trinajstić information content (AvgIpc) is 2.25. The molecule has 1 aromatic carbocycles. The minimum absolute atomic E-state index is 0.00338. The monoisotopic (exact) mass is 300 g/mol. The highest BCUT2D eigenvalue weighted by Crippen LogP contribution is 2.33. The second kappa shape index (κ2) is 5.31. The van der Waals surface area contributed by atoms with E-state index in [0.717, 1.165) is 0 Å². The van der Waals surface area contributed by atoms with Gasteiger partial charge in [-0.15, -0.1) is 0 Å². The minimum atomic E-state index is -1.47. The van der Waals surface area contributed by atoms with E-state index in [9.17, 15) is 9.59 Å². The van der Waals surface area contributed by atoms with E-state index in [4.69, 9.17) is 9.84 Å². The molecule has 5 heteroatoms. The SMILES string of the molecule is COc1cc(Br)cc(C(=O)C(=O)O)c1C(C)C. The highest BCUT2D eigenvalue weighted by Gasteiger charge is 2.23. The van der Waals surface area contributed by atoms with E-state index in [1.165, 1.54) is 13.2 Å². The summed E-state index contributed by atoms with van der Waals surface area (Å²) in [5.41, 5.74) is 0.779. The third kappa shape index (κ3) is 2.85. The van der Waals surface area contributed by atoms with Crippen molar-refractivity contribution in [3.63, 3.8) is 0 Å². The van der Waals surface area contributed by atoms with Gasteiger partial charge in [-0.1, -0.05) is 29.8 Å². The Morgan fingerprint density at radius 1 is 1.35 bits per heavy atom.